The van der Waals surface area contributed by atoms with Gasteiger partial charge in [-0.3, -0.25) is 0 Å². The van der Waals surface area contributed by atoms with E-state index in [1.165, 1.54) is 5.56 Å². The van der Waals surface area contributed by atoms with E-state index in [0.29, 0.717) is 5.82 Å². The lowest BCUT2D eigenvalue weighted by atomic mass is 10.1. The van der Waals surface area contributed by atoms with E-state index in [0.717, 1.165) is 21.2 Å². The normalized spacial score (nSPS) is 10.4. The summed E-state index contributed by atoms with van der Waals surface area (Å²) in [5.41, 5.74) is 7.92. The van der Waals surface area contributed by atoms with Gasteiger partial charge in [0.2, 0.25) is 0 Å². The quantitative estimate of drug-likeness (QED) is 0.869. The summed E-state index contributed by atoms with van der Waals surface area (Å²) in [7, 11) is 1.67. The van der Waals surface area contributed by atoms with Crippen molar-refractivity contribution >= 4 is 17.2 Å². The van der Waals surface area contributed by atoms with Crippen LogP contribution in [0.3, 0.4) is 0 Å². The van der Waals surface area contributed by atoms with Crippen molar-refractivity contribution in [1.82, 2.24) is 4.98 Å². The number of anilines is 1. The molecule has 4 heteroatoms. The lowest BCUT2D eigenvalue weighted by molar-refractivity contribution is 0.416. The highest BCUT2D eigenvalue weighted by Crippen LogP contribution is 2.35. The third kappa shape index (κ3) is 1.88. The summed E-state index contributed by atoms with van der Waals surface area (Å²) in [5, 5.41) is 0.909. The van der Waals surface area contributed by atoms with Gasteiger partial charge in [-0.05, 0) is 31.5 Å². The summed E-state index contributed by atoms with van der Waals surface area (Å²) in [6.45, 7) is 4.00. The lowest BCUT2D eigenvalue weighted by Gasteiger charge is -2.06. The Hall–Kier alpha value is -1.55. The first-order chi connectivity index (χ1) is 7.61. The van der Waals surface area contributed by atoms with Gasteiger partial charge in [0.15, 0.2) is 0 Å². The van der Waals surface area contributed by atoms with Gasteiger partial charge in [-0.25, -0.2) is 4.98 Å². The molecule has 0 bridgehead atoms. The summed E-state index contributed by atoms with van der Waals surface area (Å²) in [6.07, 6.45) is 0. The molecule has 3 nitrogen and oxygen atoms in total. The number of nitrogens with two attached hydrogens (primary N) is 1. The molecule has 0 saturated carbocycles. The summed E-state index contributed by atoms with van der Waals surface area (Å²) in [4.78, 5) is 5.37. The molecule has 1 aromatic carbocycles. The van der Waals surface area contributed by atoms with Crippen LogP contribution < -0.4 is 10.5 Å². The largest absolute Gasteiger partial charge is 0.496 e. The number of ether oxygens (including phenoxy) is 1. The van der Waals surface area contributed by atoms with Crippen LogP contribution in [0.4, 0.5) is 5.82 Å². The second-order valence-electron chi connectivity index (χ2n) is 3.66. The Labute approximate surface area is 98.9 Å². The van der Waals surface area contributed by atoms with E-state index in [1.807, 2.05) is 32.0 Å². The lowest BCUT2D eigenvalue weighted by Crippen LogP contribution is -1.89. The first kappa shape index (κ1) is 11.0. The molecule has 2 rings (SSSR count). The number of hydrogen-bond acceptors (Lipinski definition) is 4. The number of nitrogens with zero attached hydrogens (tertiary/aromatic N) is 1. The van der Waals surface area contributed by atoms with Crippen molar-refractivity contribution in [3.05, 3.63) is 28.6 Å². The average Bonchev–Trinajstić information content (AvgIpc) is 2.59. The van der Waals surface area contributed by atoms with E-state index >= 15 is 0 Å². The van der Waals surface area contributed by atoms with E-state index < -0.39 is 0 Å². The smallest absolute Gasteiger partial charge is 0.138 e. The highest BCUT2D eigenvalue weighted by molar-refractivity contribution is 7.15. The number of hydrogen-bond donors (Lipinski definition) is 1. The molecular weight excluding hydrogens is 220 g/mol. The van der Waals surface area contributed by atoms with Gasteiger partial charge in [0.1, 0.15) is 16.6 Å². The number of methoxy groups -OCH3 is 1. The number of aryl methyl sites for hydroxylation is 2. The van der Waals surface area contributed by atoms with Gasteiger partial charge in [0, 0.05) is 4.88 Å². The zero-order chi connectivity index (χ0) is 11.7. The van der Waals surface area contributed by atoms with Crippen molar-refractivity contribution in [3.8, 4) is 16.3 Å². The van der Waals surface area contributed by atoms with Gasteiger partial charge < -0.3 is 10.5 Å². The van der Waals surface area contributed by atoms with Crippen molar-refractivity contribution in [2.45, 2.75) is 13.8 Å². The first-order valence-corrected chi connectivity index (χ1v) is 5.81. The fourth-order valence-corrected chi connectivity index (χ4v) is 2.36. The third-order valence-electron chi connectivity index (χ3n) is 2.42. The summed E-state index contributed by atoms with van der Waals surface area (Å²) in [6, 6.07) is 6.07. The predicted octanol–water partition coefficient (Wildman–Crippen LogP) is 3.02. The maximum atomic E-state index is 5.76. The maximum Gasteiger partial charge on any atom is 0.138 e. The number of rotatable bonds is 2. The fourth-order valence-electron chi connectivity index (χ4n) is 1.50. The molecule has 0 unspecified atom stereocenters. The second-order valence-corrected chi connectivity index (χ2v) is 4.87. The van der Waals surface area contributed by atoms with E-state index in [1.54, 1.807) is 18.4 Å². The zero-order valence-corrected chi connectivity index (χ0v) is 10.4. The van der Waals surface area contributed by atoms with Crippen LogP contribution in [0, 0.1) is 13.8 Å². The molecule has 0 aliphatic carbocycles. The van der Waals surface area contributed by atoms with Gasteiger partial charge in [-0.1, -0.05) is 6.07 Å². The van der Waals surface area contributed by atoms with Gasteiger partial charge >= 0.3 is 0 Å². The molecule has 1 aromatic heterocycles. The Morgan fingerprint density at radius 2 is 2.06 bits per heavy atom. The molecule has 0 fully saturated rings. The van der Waals surface area contributed by atoms with Crippen LogP contribution in [0.1, 0.15) is 10.4 Å². The van der Waals surface area contributed by atoms with E-state index in [2.05, 4.69) is 4.98 Å². The summed E-state index contributed by atoms with van der Waals surface area (Å²) >= 11 is 1.59. The fraction of sp³-hybridized carbons (Fsp3) is 0.250. The highest BCUT2D eigenvalue weighted by Gasteiger charge is 2.11. The van der Waals surface area contributed by atoms with Gasteiger partial charge in [-0.2, -0.15) is 0 Å². The van der Waals surface area contributed by atoms with Crippen molar-refractivity contribution in [2.75, 3.05) is 12.8 Å². The van der Waals surface area contributed by atoms with E-state index in [4.69, 9.17) is 10.5 Å². The number of thiazole rings is 1. The van der Waals surface area contributed by atoms with Crippen molar-refractivity contribution in [2.24, 2.45) is 0 Å². The SMILES string of the molecule is COc1cc(C)ccc1-c1nc(N)c(C)s1. The first-order valence-electron chi connectivity index (χ1n) is 4.99. The third-order valence-corrected chi connectivity index (χ3v) is 3.44. The van der Waals surface area contributed by atoms with E-state index in [-0.39, 0.29) is 0 Å². The minimum atomic E-state index is 0.600. The molecule has 2 N–H and O–H groups in total. The monoisotopic (exact) mass is 234 g/mol. The molecule has 2 aromatic rings. The molecule has 16 heavy (non-hydrogen) atoms. The molecule has 0 amide bonds. The van der Waals surface area contributed by atoms with E-state index in [9.17, 15) is 0 Å². The molecule has 0 atom stereocenters. The Morgan fingerprint density at radius 1 is 1.31 bits per heavy atom. The van der Waals surface area contributed by atoms with Crippen LogP contribution in [-0.4, -0.2) is 12.1 Å². The van der Waals surface area contributed by atoms with Crippen molar-refractivity contribution in [1.29, 1.82) is 0 Å². The van der Waals surface area contributed by atoms with Crippen LogP contribution in [0.2, 0.25) is 0 Å². The van der Waals surface area contributed by atoms with Gasteiger partial charge in [0.05, 0.1) is 12.7 Å². The summed E-state index contributed by atoms with van der Waals surface area (Å²) in [5.74, 6) is 1.44. The molecule has 0 spiro atoms. The van der Waals surface area contributed by atoms with Crippen LogP contribution >= 0.6 is 11.3 Å². The van der Waals surface area contributed by atoms with Crippen LogP contribution in [-0.2, 0) is 0 Å². The van der Waals surface area contributed by atoms with Crippen molar-refractivity contribution in [3.63, 3.8) is 0 Å². The minimum Gasteiger partial charge on any atom is -0.496 e. The molecule has 0 saturated heterocycles. The highest BCUT2D eigenvalue weighted by atomic mass is 32.1. The summed E-state index contributed by atoms with van der Waals surface area (Å²) < 4.78 is 5.36. The van der Waals surface area contributed by atoms with Crippen LogP contribution in [0.25, 0.3) is 10.6 Å². The Morgan fingerprint density at radius 3 is 2.62 bits per heavy atom. The molecule has 84 valence electrons. The molecule has 0 aliphatic rings. The number of benzene rings is 1. The second kappa shape index (κ2) is 4.14. The average molecular weight is 234 g/mol. The van der Waals surface area contributed by atoms with Gasteiger partial charge in [-0.15, -0.1) is 11.3 Å². The maximum absolute atomic E-state index is 5.76. The van der Waals surface area contributed by atoms with Crippen molar-refractivity contribution < 1.29 is 4.74 Å². The molecular formula is C12H14N2OS. The standard InChI is InChI=1S/C12H14N2OS/c1-7-4-5-9(10(6-7)15-3)12-14-11(13)8(2)16-12/h4-6H,13H2,1-3H3. The van der Waals surface area contributed by atoms with Gasteiger partial charge in [0.25, 0.3) is 0 Å². The molecule has 1 heterocycles. The number of nitrogen functional groups attached to an aromatic ring is 1. The molecule has 0 radical (unpaired) electrons. The zero-order valence-electron chi connectivity index (χ0n) is 9.57. The number of aromatic nitrogens is 1. The molecule has 0 aliphatic heterocycles. The predicted molar refractivity (Wildman–Crippen MR) is 68.0 cm³/mol. The van der Waals surface area contributed by atoms with Crippen LogP contribution in [0.15, 0.2) is 18.2 Å². The Bertz CT molecular complexity index is 500. The Balaban J connectivity index is 2.55. The minimum absolute atomic E-state index is 0.600. The topological polar surface area (TPSA) is 48.1 Å². The van der Waals surface area contributed by atoms with Crippen LogP contribution in [0.5, 0.6) is 5.75 Å². The Kier molecular flexibility index (Phi) is 2.83.